The van der Waals surface area contributed by atoms with Gasteiger partial charge in [-0.2, -0.15) is 0 Å². The Morgan fingerprint density at radius 3 is 3.00 bits per heavy atom. The minimum Gasteiger partial charge on any atom is -0.347 e. The van der Waals surface area contributed by atoms with Gasteiger partial charge in [-0.25, -0.2) is 9.97 Å². The van der Waals surface area contributed by atoms with Gasteiger partial charge in [0, 0.05) is 17.1 Å². The second-order valence-corrected chi connectivity index (χ2v) is 6.02. The zero-order chi connectivity index (χ0) is 11.7. The third-order valence-corrected chi connectivity index (χ3v) is 4.23. The molecule has 0 atom stereocenters. The van der Waals surface area contributed by atoms with Crippen molar-refractivity contribution >= 4 is 33.1 Å². The quantitative estimate of drug-likeness (QED) is 0.866. The summed E-state index contributed by atoms with van der Waals surface area (Å²) >= 11 is 5.33. The van der Waals surface area contributed by atoms with Crippen LogP contribution in [-0.4, -0.2) is 16.0 Å². The molecule has 1 fully saturated rings. The third-order valence-electron chi connectivity index (χ3n) is 2.81. The fourth-order valence-corrected chi connectivity index (χ4v) is 3.00. The predicted octanol–water partition coefficient (Wildman–Crippen LogP) is 3.47. The van der Waals surface area contributed by atoms with Crippen LogP contribution in [0.4, 0.5) is 5.82 Å². The number of hydrogen-bond acceptors (Lipinski definition) is 4. The molecule has 0 bridgehead atoms. The molecule has 2 heterocycles. The first kappa shape index (κ1) is 11.2. The number of hydrogen-bond donors (Lipinski definition) is 0. The smallest absolute Gasteiger partial charge is 0.146 e. The maximum Gasteiger partial charge on any atom is 0.146 e. The van der Waals surface area contributed by atoms with Crippen LogP contribution in [0.3, 0.4) is 0 Å². The minimum atomic E-state index is 0.642. The van der Waals surface area contributed by atoms with Gasteiger partial charge in [0.15, 0.2) is 0 Å². The molecule has 2 aromatic heterocycles. The van der Waals surface area contributed by atoms with Gasteiger partial charge in [0.1, 0.15) is 12.1 Å². The molecule has 17 heavy (non-hydrogen) atoms. The maximum absolute atomic E-state index is 4.39. The Labute approximate surface area is 113 Å². The molecular weight excluding hydrogens is 298 g/mol. The van der Waals surface area contributed by atoms with E-state index in [4.69, 9.17) is 0 Å². The summed E-state index contributed by atoms with van der Waals surface area (Å²) < 4.78 is 0.975. The van der Waals surface area contributed by atoms with E-state index in [0.717, 1.165) is 16.8 Å². The molecule has 3 rings (SSSR count). The fraction of sp³-hybridized carbons (Fsp3) is 0.333. The number of anilines is 1. The predicted molar refractivity (Wildman–Crippen MR) is 73.3 cm³/mol. The third kappa shape index (κ3) is 2.50. The van der Waals surface area contributed by atoms with Crippen molar-refractivity contribution in [3.8, 4) is 0 Å². The molecule has 2 aromatic rings. The first-order valence-electron chi connectivity index (χ1n) is 5.59. The van der Waals surface area contributed by atoms with Crippen molar-refractivity contribution in [2.45, 2.75) is 25.4 Å². The van der Waals surface area contributed by atoms with Gasteiger partial charge in [-0.3, -0.25) is 0 Å². The van der Waals surface area contributed by atoms with Crippen LogP contribution < -0.4 is 4.90 Å². The van der Waals surface area contributed by atoms with E-state index in [1.165, 1.54) is 17.7 Å². The van der Waals surface area contributed by atoms with Crippen LogP contribution in [0.1, 0.15) is 17.7 Å². The highest BCUT2D eigenvalue weighted by molar-refractivity contribution is 9.10. The number of thiophene rings is 1. The van der Waals surface area contributed by atoms with Crippen LogP contribution in [-0.2, 0) is 6.54 Å². The van der Waals surface area contributed by atoms with Crippen molar-refractivity contribution < 1.29 is 0 Å². The largest absolute Gasteiger partial charge is 0.347 e. The summed E-state index contributed by atoms with van der Waals surface area (Å²) in [6.45, 7) is 0.942. The second kappa shape index (κ2) is 4.74. The topological polar surface area (TPSA) is 29.0 Å². The lowest BCUT2D eigenvalue weighted by atomic mass is 10.4. The van der Waals surface area contributed by atoms with Gasteiger partial charge in [0.2, 0.25) is 0 Å². The molecule has 5 heteroatoms. The first-order valence-corrected chi connectivity index (χ1v) is 7.26. The average molecular weight is 310 g/mol. The van der Waals surface area contributed by atoms with Crippen molar-refractivity contribution in [1.82, 2.24) is 9.97 Å². The molecule has 1 saturated carbocycles. The van der Waals surface area contributed by atoms with E-state index in [-0.39, 0.29) is 0 Å². The number of rotatable bonds is 4. The van der Waals surface area contributed by atoms with Gasteiger partial charge in [0.05, 0.1) is 11.0 Å². The van der Waals surface area contributed by atoms with Gasteiger partial charge in [-0.05, 0) is 40.2 Å². The van der Waals surface area contributed by atoms with E-state index in [1.807, 2.05) is 6.20 Å². The van der Waals surface area contributed by atoms with E-state index < -0.39 is 0 Å². The molecule has 0 saturated heterocycles. The van der Waals surface area contributed by atoms with Crippen molar-refractivity contribution in [3.63, 3.8) is 0 Å². The van der Waals surface area contributed by atoms with Crippen LogP contribution >= 0.6 is 27.3 Å². The van der Waals surface area contributed by atoms with Gasteiger partial charge in [-0.1, -0.05) is 6.07 Å². The van der Waals surface area contributed by atoms with Gasteiger partial charge in [0.25, 0.3) is 0 Å². The fourth-order valence-electron chi connectivity index (χ4n) is 1.85. The van der Waals surface area contributed by atoms with Crippen LogP contribution in [0.15, 0.2) is 34.5 Å². The monoisotopic (exact) mass is 309 g/mol. The summed E-state index contributed by atoms with van der Waals surface area (Å²) in [5.74, 6) is 1.01. The zero-order valence-electron chi connectivity index (χ0n) is 9.21. The summed E-state index contributed by atoms with van der Waals surface area (Å²) in [6.07, 6.45) is 5.96. The SMILES string of the molecule is Brc1cncnc1N(Cc1cccs1)C1CC1. The molecular formula is C12H12BrN3S. The molecule has 3 nitrogen and oxygen atoms in total. The van der Waals surface area contributed by atoms with E-state index >= 15 is 0 Å². The molecule has 0 aromatic carbocycles. The summed E-state index contributed by atoms with van der Waals surface area (Å²) in [4.78, 5) is 12.2. The second-order valence-electron chi connectivity index (χ2n) is 4.13. The molecule has 88 valence electrons. The molecule has 0 aliphatic heterocycles. The highest BCUT2D eigenvalue weighted by atomic mass is 79.9. The highest BCUT2D eigenvalue weighted by Gasteiger charge is 2.31. The van der Waals surface area contributed by atoms with Gasteiger partial charge in [-0.15, -0.1) is 11.3 Å². The summed E-state index contributed by atoms with van der Waals surface area (Å²) in [5, 5.41) is 2.12. The van der Waals surface area contributed by atoms with Crippen molar-refractivity contribution in [2.75, 3.05) is 4.90 Å². The molecule has 0 spiro atoms. The molecule has 1 aliphatic carbocycles. The summed E-state index contributed by atoms with van der Waals surface area (Å²) in [7, 11) is 0. The van der Waals surface area contributed by atoms with Crippen LogP contribution in [0.2, 0.25) is 0 Å². The van der Waals surface area contributed by atoms with Crippen molar-refractivity contribution in [1.29, 1.82) is 0 Å². The van der Waals surface area contributed by atoms with E-state index in [0.29, 0.717) is 6.04 Å². The highest BCUT2D eigenvalue weighted by Crippen LogP contribution is 2.35. The maximum atomic E-state index is 4.39. The molecule has 0 N–H and O–H groups in total. The molecule has 0 radical (unpaired) electrons. The molecule has 0 unspecified atom stereocenters. The van der Waals surface area contributed by atoms with Gasteiger partial charge < -0.3 is 4.90 Å². The minimum absolute atomic E-state index is 0.642. The average Bonchev–Trinajstić information content (AvgIpc) is 3.05. The first-order chi connectivity index (χ1) is 8.34. The zero-order valence-corrected chi connectivity index (χ0v) is 11.6. The van der Waals surface area contributed by atoms with Gasteiger partial charge >= 0.3 is 0 Å². The molecule has 1 aliphatic rings. The summed E-state index contributed by atoms with van der Waals surface area (Å²) in [6, 6.07) is 4.92. The Balaban J connectivity index is 1.88. The van der Waals surface area contributed by atoms with E-state index in [1.54, 1.807) is 17.7 Å². The van der Waals surface area contributed by atoms with Crippen LogP contribution in [0, 0.1) is 0 Å². The van der Waals surface area contributed by atoms with Crippen LogP contribution in [0.25, 0.3) is 0 Å². The number of nitrogens with zero attached hydrogens (tertiary/aromatic N) is 3. The van der Waals surface area contributed by atoms with Crippen molar-refractivity contribution in [2.24, 2.45) is 0 Å². The molecule has 0 amide bonds. The Hall–Kier alpha value is -0.940. The number of aromatic nitrogens is 2. The standard InChI is InChI=1S/C12H12BrN3S/c13-11-6-14-8-15-12(11)16(9-3-4-9)7-10-2-1-5-17-10/h1-2,5-6,8-9H,3-4,7H2. The normalized spacial score (nSPS) is 14.9. The Morgan fingerprint density at radius 2 is 2.35 bits per heavy atom. The van der Waals surface area contributed by atoms with Crippen molar-refractivity contribution in [3.05, 3.63) is 39.4 Å². The lowest BCUT2D eigenvalue weighted by molar-refractivity contribution is 0.780. The summed E-state index contributed by atoms with van der Waals surface area (Å²) in [5.41, 5.74) is 0. The lowest BCUT2D eigenvalue weighted by Gasteiger charge is -2.23. The Kier molecular flexibility index (Phi) is 3.11. The Morgan fingerprint density at radius 1 is 1.47 bits per heavy atom. The Bertz CT molecular complexity index is 496. The van der Waals surface area contributed by atoms with Crippen LogP contribution in [0.5, 0.6) is 0 Å². The number of halogens is 1. The van der Waals surface area contributed by atoms with E-state index in [9.17, 15) is 0 Å². The lowest BCUT2D eigenvalue weighted by Crippen LogP contribution is -2.26. The van der Waals surface area contributed by atoms with E-state index in [2.05, 4.69) is 48.3 Å².